The highest BCUT2D eigenvalue weighted by Crippen LogP contribution is 2.29. The van der Waals surface area contributed by atoms with Crippen molar-refractivity contribution in [1.29, 1.82) is 0 Å². The molecule has 1 aliphatic rings. The van der Waals surface area contributed by atoms with Gasteiger partial charge in [0.2, 0.25) is 0 Å². The van der Waals surface area contributed by atoms with Crippen LogP contribution in [0.15, 0.2) is 35.1 Å². The molecule has 3 heterocycles. The number of nitrogens with one attached hydrogen (secondary N) is 1. The van der Waals surface area contributed by atoms with Gasteiger partial charge in [0.05, 0.1) is 11.1 Å². The van der Waals surface area contributed by atoms with Crippen molar-refractivity contribution in [3.05, 3.63) is 46.2 Å². The predicted octanol–water partition coefficient (Wildman–Crippen LogP) is 3.05. The molecule has 138 valence electrons. The fraction of sp³-hybridized carbons (Fsp3) is 0.312. The van der Waals surface area contributed by atoms with Crippen molar-refractivity contribution in [3.8, 4) is 0 Å². The molecule has 1 amide bonds. The largest absolute Gasteiger partial charge is 0.417 e. The molecular weight excluding hydrogens is 415 g/mol. The summed E-state index contributed by atoms with van der Waals surface area (Å²) >= 11 is 3.26. The zero-order chi connectivity index (χ0) is 18.9. The van der Waals surface area contributed by atoms with Crippen molar-refractivity contribution in [2.24, 2.45) is 5.73 Å². The second-order valence-corrected chi connectivity index (χ2v) is 6.81. The molecule has 1 unspecified atom stereocenters. The topological polar surface area (TPSA) is 84.1 Å². The number of hydrogen-bond donors (Lipinski definition) is 2. The third-order valence-electron chi connectivity index (χ3n) is 4.03. The number of carbonyl (C=O) groups excluding carboxylic acids is 1. The van der Waals surface area contributed by atoms with E-state index in [0.29, 0.717) is 34.8 Å². The molecule has 0 spiro atoms. The summed E-state index contributed by atoms with van der Waals surface area (Å²) in [6.45, 7) is 1.16. The number of anilines is 2. The van der Waals surface area contributed by atoms with E-state index in [0.717, 1.165) is 18.7 Å². The lowest BCUT2D eigenvalue weighted by atomic mass is 10.2. The van der Waals surface area contributed by atoms with E-state index in [4.69, 9.17) is 5.73 Å². The fourth-order valence-electron chi connectivity index (χ4n) is 2.79. The molecule has 1 atom stereocenters. The lowest BCUT2D eigenvalue weighted by Gasteiger charge is -2.20. The van der Waals surface area contributed by atoms with Crippen molar-refractivity contribution in [3.63, 3.8) is 0 Å². The van der Waals surface area contributed by atoms with E-state index in [1.54, 1.807) is 12.3 Å². The zero-order valence-electron chi connectivity index (χ0n) is 13.4. The number of alkyl halides is 3. The molecule has 3 rings (SSSR count). The molecule has 0 aliphatic carbocycles. The first-order valence-electron chi connectivity index (χ1n) is 7.74. The number of halogens is 4. The number of primary amides is 1. The van der Waals surface area contributed by atoms with E-state index >= 15 is 0 Å². The van der Waals surface area contributed by atoms with Crippen molar-refractivity contribution in [1.82, 2.24) is 9.97 Å². The predicted molar refractivity (Wildman–Crippen MR) is 93.9 cm³/mol. The van der Waals surface area contributed by atoms with Crippen molar-refractivity contribution < 1.29 is 18.0 Å². The van der Waals surface area contributed by atoms with Crippen LogP contribution < -0.4 is 16.0 Å². The lowest BCUT2D eigenvalue weighted by Crippen LogP contribution is -2.29. The highest BCUT2D eigenvalue weighted by Gasteiger charge is 2.31. The van der Waals surface area contributed by atoms with Crippen LogP contribution in [0.25, 0.3) is 0 Å². The van der Waals surface area contributed by atoms with Crippen LogP contribution in [0.3, 0.4) is 0 Å². The van der Waals surface area contributed by atoms with Gasteiger partial charge in [-0.2, -0.15) is 13.2 Å². The first-order valence-corrected chi connectivity index (χ1v) is 8.53. The van der Waals surface area contributed by atoms with Gasteiger partial charge in [0, 0.05) is 36.0 Å². The van der Waals surface area contributed by atoms with E-state index in [2.05, 4.69) is 31.2 Å². The Morgan fingerprint density at radius 2 is 2.08 bits per heavy atom. The number of nitrogens with two attached hydrogens (primary N) is 1. The van der Waals surface area contributed by atoms with Crippen LogP contribution in [0, 0.1) is 0 Å². The molecular formula is C16H15BrF3N5O. The van der Waals surface area contributed by atoms with Gasteiger partial charge in [-0.1, -0.05) is 0 Å². The maximum Gasteiger partial charge on any atom is 0.417 e. The number of rotatable bonds is 4. The van der Waals surface area contributed by atoms with E-state index in [1.165, 1.54) is 6.07 Å². The standard InChI is InChI=1S/C16H15BrF3N5O/c17-10-5-12(14(21)26)15(23-7-10)25-4-3-11(8-25)24-13-2-1-9(6-22-13)16(18,19)20/h1-2,5-7,11H,3-4,8H2,(H2,21,26)(H,22,24). The molecule has 6 nitrogen and oxygen atoms in total. The summed E-state index contributed by atoms with van der Waals surface area (Å²) in [6, 6.07) is 3.87. The smallest absolute Gasteiger partial charge is 0.365 e. The highest BCUT2D eigenvalue weighted by atomic mass is 79.9. The van der Waals surface area contributed by atoms with Gasteiger partial charge in [0.1, 0.15) is 11.6 Å². The van der Waals surface area contributed by atoms with Crippen LogP contribution in [-0.2, 0) is 6.18 Å². The minimum absolute atomic E-state index is 0.0367. The molecule has 1 aliphatic heterocycles. The van der Waals surface area contributed by atoms with Crippen LogP contribution in [0.4, 0.5) is 24.8 Å². The normalized spacial score (nSPS) is 17.4. The van der Waals surface area contributed by atoms with Gasteiger partial charge in [-0.25, -0.2) is 9.97 Å². The number of hydrogen-bond acceptors (Lipinski definition) is 5. The number of pyridine rings is 2. The minimum Gasteiger partial charge on any atom is -0.365 e. The van der Waals surface area contributed by atoms with E-state index in [-0.39, 0.29) is 6.04 Å². The second kappa shape index (κ2) is 7.10. The van der Waals surface area contributed by atoms with E-state index in [9.17, 15) is 18.0 Å². The van der Waals surface area contributed by atoms with Gasteiger partial charge >= 0.3 is 6.18 Å². The van der Waals surface area contributed by atoms with Crippen LogP contribution in [0.2, 0.25) is 0 Å². The molecule has 0 saturated carbocycles. The molecule has 0 radical (unpaired) electrons. The summed E-state index contributed by atoms with van der Waals surface area (Å²) in [5.74, 6) is 0.281. The average molecular weight is 430 g/mol. The molecule has 2 aromatic heterocycles. The van der Waals surface area contributed by atoms with Crippen molar-refractivity contribution in [2.45, 2.75) is 18.6 Å². The fourth-order valence-corrected chi connectivity index (χ4v) is 3.12. The Labute approximate surface area is 155 Å². The van der Waals surface area contributed by atoms with Gasteiger partial charge in [-0.15, -0.1) is 0 Å². The van der Waals surface area contributed by atoms with E-state index in [1.807, 2.05) is 4.90 Å². The van der Waals surface area contributed by atoms with Crippen LogP contribution in [0.1, 0.15) is 22.3 Å². The SMILES string of the molecule is NC(=O)c1cc(Br)cnc1N1CCC(Nc2ccc(C(F)(F)F)cn2)C1. The minimum atomic E-state index is -4.41. The maximum absolute atomic E-state index is 12.6. The lowest BCUT2D eigenvalue weighted by molar-refractivity contribution is -0.137. The van der Waals surface area contributed by atoms with Gasteiger partial charge < -0.3 is 16.0 Å². The van der Waals surface area contributed by atoms with Gasteiger partial charge in [0.25, 0.3) is 5.91 Å². The Hall–Kier alpha value is -2.36. The van der Waals surface area contributed by atoms with Crippen LogP contribution in [0.5, 0.6) is 0 Å². The Kier molecular flexibility index (Phi) is 5.03. The van der Waals surface area contributed by atoms with E-state index < -0.39 is 17.6 Å². The van der Waals surface area contributed by atoms with Crippen LogP contribution in [-0.4, -0.2) is 35.0 Å². The summed E-state index contributed by atoms with van der Waals surface area (Å²) in [5, 5.41) is 3.11. The van der Waals surface area contributed by atoms with Crippen LogP contribution >= 0.6 is 15.9 Å². The first-order chi connectivity index (χ1) is 12.2. The maximum atomic E-state index is 12.6. The summed E-state index contributed by atoms with van der Waals surface area (Å²) in [7, 11) is 0. The molecule has 26 heavy (non-hydrogen) atoms. The number of carbonyl (C=O) groups is 1. The Balaban J connectivity index is 1.69. The number of amides is 1. The molecule has 0 aromatic carbocycles. The Bertz CT molecular complexity index is 813. The molecule has 3 N–H and O–H groups in total. The quantitative estimate of drug-likeness (QED) is 0.779. The van der Waals surface area contributed by atoms with Gasteiger partial charge in [-0.05, 0) is 40.5 Å². The highest BCUT2D eigenvalue weighted by molar-refractivity contribution is 9.10. The molecule has 10 heteroatoms. The Morgan fingerprint density at radius 1 is 1.31 bits per heavy atom. The summed E-state index contributed by atoms with van der Waals surface area (Å²) < 4.78 is 38.4. The molecule has 1 saturated heterocycles. The van der Waals surface area contributed by atoms with Gasteiger partial charge in [-0.3, -0.25) is 4.79 Å². The molecule has 1 fully saturated rings. The van der Waals surface area contributed by atoms with Crippen molar-refractivity contribution >= 4 is 33.5 Å². The number of nitrogens with zero attached hydrogens (tertiary/aromatic N) is 3. The third-order valence-corrected chi connectivity index (χ3v) is 4.46. The zero-order valence-corrected chi connectivity index (χ0v) is 15.0. The number of aromatic nitrogens is 2. The molecule has 0 bridgehead atoms. The van der Waals surface area contributed by atoms with Crippen molar-refractivity contribution in [2.75, 3.05) is 23.3 Å². The third kappa shape index (κ3) is 4.06. The Morgan fingerprint density at radius 3 is 2.69 bits per heavy atom. The first kappa shape index (κ1) is 18.4. The second-order valence-electron chi connectivity index (χ2n) is 5.89. The monoisotopic (exact) mass is 429 g/mol. The average Bonchev–Trinajstić information content (AvgIpc) is 3.02. The molecule has 2 aromatic rings. The summed E-state index contributed by atoms with van der Waals surface area (Å²) in [5.41, 5.74) is 4.94. The van der Waals surface area contributed by atoms with Gasteiger partial charge in [0.15, 0.2) is 0 Å². The summed E-state index contributed by atoms with van der Waals surface area (Å²) in [6.07, 6.45) is -1.30. The summed E-state index contributed by atoms with van der Waals surface area (Å²) in [4.78, 5) is 21.6.